The molecule has 2 fully saturated rings. The lowest BCUT2D eigenvalue weighted by Gasteiger charge is -2.38. The van der Waals surface area contributed by atoms with Crippen molar-refractivity contribution in [2.45, 2.75) is 25.8 Å². The molecule has 0 aromatic carbocycles. The number of halogens is 2. The van der Waals surface area contributed by atoms with Gasteiger partial charge in [-0.2, -0.15) is 0 Å². The molecule has 18 heavy (non-hydrogen) atoms. The van der Waals surface area contributed by atoms with Gasteiger partial charge in [-0.05, 0) is 39.4 Å². The summed E-state index contributed by atoms with van der Waals surface area (Å²) in [5, 5.41) is 3.32. The normalized spacial score (nSPS) is 28.4. The first-order chi connectivity index (χ1) is 7.66. The highest BCUT2D eigenvalue weighted by Gasteiger charge is 2.28. The van der Waals surface area contributed by atoms with E-state index in [9.17, 15) is 4.79 Å². The molecule has 0 radical (unpaired) electrons. The van der Waals surface area contributed by atoms with E-state index in [-0.39, 0.29) is 24.8 Å². The fourth-order valence-corrected chi connectivity index (χ4v) is 2.76. The van der Waals surface area contributed by atoms with E-state index < -0.39 is 0 Å². The predicted octanol–water partition coefficient (Wildman–Crippen LogP) is 0.992. The van der Waals surface area contributed by atoms with Gasteiger partial charge in [0, 0.05) is 32.1 Å². The first kappa shape index (κ1) is 18.0. The molecule has 1 N–H and O–H groups in total. The molecule has 0 spiro atoms. The van der Waals surface area contributed by atoms with Crippen molar-refractivity contribution in [3.63, 3.8) is 0 Å². The monoisotopic (exact) mass is 297 g/mol. The number of piperazine rings is 1. The molecule has 2 atom stereocenters. The van der Waals surface area contributed by atoms with Gasteiger partial charge in [0.25, 0.3) is 0 Å². The minimum absolute atomic E-state index is 0. The Morgan fingerprint density at radius 3 is 2.61 bits per heavy atom. The maximum atomic E-state index is 12.2. The zero-order valence-corrected chi connectivity index (χ0v) is 12.9. The number of carbonyl (C=O) groups excluding carboxylic acids is 1. The fraction of sp³-hybridized carbons (Fsp3) is 0.917. The van der Waals surface area contributed by atoms with Crippen molar-refractivity contribution in [3.8, 4) is 0 Å². The Morgan fingerprint density at radius 1 is 1.33 bits per heavy atom. The van der Waals surface area contributed by atoms with E-state index in [0.717, 1.165) is 45.6 Å². The van der Waals surface area contributed by atoms with Crippen LogP contribution in [0.2, 0.25) is 0 Å². The second kappa shape index (κ2) is 8.20. The first-order valence-corrected chi connectivity index (χ1v) is 6.35. The van der Waals surface area contributed by atoms with Crippen LogP contribution in [0.3, 0.4) is 0 Å². The highest BCUT2D eigenvalue weighted by atomic mass is 35.5. The molecule has 2 unspecified atom stereocenters. The molecule has 108 valence electrons. The molecule has 0 aromatic heterocycles. The van der Waals surface area contributed by atoms with Crippen LogP contribution in [0.4, 0.5) is 0 Å². The molecule has 0 bridgehead atoms. The van der Waals surface area contributed by atoms with E-state index in [1.807, 2.05) is 0 Å². The number of likely N-dealkylation sites (N-methyl/N-ethyl adjacent to an activating group) is 1. The summed E-state index contributed by atoms with van der Waals surface area (Å²) < 4.78 is 0. The van der Waals surface area contributed by atoms with Crippen molar-refractivity contribution in [2.75, 3.05) is 39.8 Å². The summed E-state index contributed by atoms with van der Waals surface area (Å²) in [5.74, 6) is 0.925. The molecule has 2 saturated heterocycles. The SMILES string of the molecule is CC1CN(C)CCN1C(=O)CC1CCNC1.Cl.Cl. The number of hydrogen-bond acceptors (Lipinski definition) is 3. The summed E-state index contributed by atoms with van der Waals surface area (Å²) >= 11 is 0. The summed E-state index contributed by atoms with van der Waals surface area (Å²) in [4.78, 5) is 16.5. The van der Waals surface area contributed by atoms with Crippen molar-refractivity contribution >= 4 is 30.7 Å². The van der Waals surface area contributed by atoms with Gasteiger partial charge in [0.05, 0.1) is 0 Å². The maximum absolute atomic E-state index is 12.2. The van der Waals surface area contributed by atoms with Gasteiger partial charge in [-0.15, -0.1) is 24.8 Å². The van der Waals surface area contributed by atoms with Crippen molar-refractivity contribution in [2.24, 2.45) is 5.92 Å². The Hall–Kier alpha value is -0.0300. The van der Waals surface area contributed by atoms with Crippen LogP contribution in [-0.2, 0) is 4.79 Å². The molecule has 2 heterocycles. The second-order valence-corrected chi connectivity index (χ2v) is 5.26. The molecule has 2 aliphatic rings. The standard InChI is InChI=1S/C12H23N3O.2ClH/c1-10-9-14(2)5-6-15(10)12(16)7-11-3-4-13-8-11;;/h10-11,13H,3-9H2,1-2H3;2*1H. The number of nitrogens with zero attached hydrogens (tertiary/aromatic N) is 2. The van der Waals surface area contributed by atoms with Gasteiger partial charge in [0.2, 0.25) is 5.91 Å². The summed E-state index contributed by atoms with van der Waals surface area (Å²) in [7, 11) is 2.12. The Balaban J connectivity index is 0.00000144. The number of amides is 1. The van der Waals surface area contributed by atoms with Crippen LogP contribution in [0.25, 0.3) is 0 Å². The van der Waals surface area contributed by atoms with E-state index >= 15 is 0 Å². The van der Waals surface area contributed by atoms with Gasteiger partial charge in [-0.25, -0.2) is 0 Å². The highest BCUT2D eigenvalue weighted by molar-refractivity contribution is 5.85. The molecule has 6 heteroatoms. The van der Waals surface area contributed by atoms with Crippen LogP contribution in [-0.4, -0.2) is 61.5 Å². The quantitative estimate of drug-likeness (QED) is 0.826. The van der Waals surface area contributed by atoms with Gasteiger partial charge < -0.3 is 15.1 Å². The highest BCUT2D eigenvalue weighted by Crippen LogP contribution is 2.16. The first-order valence-electron chi connectivity index (χ1n) is 6.35. The molecule has 0 aliphatic carbocycles. The number of rotatable bonds is 2. The minimum Gasteiger partial charge on any atom is -0.337 e. The third-order valence-electron chi connectivity index (χ3n) is 3.78. The number of hydrogen-bond donors (Lipinski definition) is 1. The number of nitrogens with one attached hydrogen (secondary N) is 1. The van der Waals surface area contributed by atoms with Gasteiger partial charge in [-0.1, -0.05) is 0 Å². The van der Waals surface area contributed by atoms with Crippen LogP contribution in [0.1, 0.15) is 19.8 Å². The van der Waals surface area contributed by atoms with Crippen molar-refractivity contribution in [1.82, 2.24) is 15.1 Å². The Labute approximate surface area is 122 Å². The van der Waals surface area contributed by atoms with Crippen molar-refractivity contribution in [3.05, 3.63) is 0 Å². The van der Waals surface area contributed by atoms with E-state index in [1.54, 1.807) is 0 Å². The molecular weight excluding hydrogens is 273 g/mol. The predicted molar refractivity (Wildman–Crippen MR) is 78.8 cm³/mol. The molecule has 2 rings (SSSR count). The van der Waals surface area contributed by atoms with Crippen molar-refractivity contribution in [1.29, 1.82) is 0 Å². The smallest absolute Gasteiger partial charge is 0.223 e. The van der Waals surface area contributed by atoms with Gasteiger partial charge in [0.1, 0.15) is 0 Å². The van der Waals surface area contributed by atoms with Crippen LogP contribution in [0.5, 0.6) is 0 Å². The Kier molecular flexibility index (Phi) is 8.19. The zero-order chi connectivity index (χ0) is 11.5. The van der Waals surface area contributed by atoms with Crippen LogP contribution in [0, 0.1) is 5.92 Å². The Bertz CT molecular complexity index is 260. The van der Waals surface area contributed by atoms with E-state index in [1.165, 1.54) is 0 Å². The maximum Gasteiger partial charge on any atom is 0.223 e. The molecule has 1 amide bonds. The summed E-state index contributed by atoms with van der Waals surface area (Å²) in [6.45, 7) is 7.18. The lowest BCUT2D eigenvalue weighted by atomic mass is 10.0. The van der Waals surface area contributed by atoms with Gasteiger partial charge in [-0.3, -0.25) is 4.79 Å². The van der Waals surface area contributed by atoms with Gasteiger partial charge in [0.15, 0.2) is 0 Å². The van der Waals surface area contributed by atoms with Crippen LogP contribution >= 0.6 is 24.8 Å². The largest absolute Gasteiger partial charge is 0.337 e. The lowest BCUT2D eigenvalue weighted by molar-refractivity contribution is -0.136. The third-order valence-corrected chi connectivity index (χ3v) is 3.78. The second-order valence-electron chi connectivity index (χ2n) is 5.26. The topological polar surface area (TPSA) is 35.6 Å². The van der Waals surface area contributed by atoms with Crippen LogP contribution < -0.4 is 5.32 Å². The zero-order valence-electron chi connectivity index (χ0n) is 11.2. The number of carbonyl (C=O) groups is 1. The van der Waals surface area contributed by atoms with Gasteiger partial charge >= 0.3 is 0 Å². The summed E-state index contributed by atoms with van der Waals surface area (Å²) in [5.41, 5.74) is 0. The molecule has 0 aromatic rings. The Morgan fingerprint density at radius 2 is 2.06 bits per heavy atom. The van der Waals surface area contributed by atoms with E-state index in [2.05, 4.69) is 29.1 Å². The average Bonchev–Trinajstić information content (AvgIpc) is 2.70. The minimum atomic E-state index is 0. The average molecular weight is 298 g/mol. The third kappa shape index (κ3) is 4.57. The molecule has 0 saturated carbocycles. The van der Waals surface area contributed by atoms with E-state index in [0.29, 0.717) is 17.9 Å². The summed E-state index contributed by atoms with van der Waals surface area (Å²) in [6, 6.07) is 0.376. The van der Waals surface area contributed by atoms with Crippen molar-refractivity contribution < 1.29 is 4.79 Å². The summed E-state index contributed by atoms with van der Waals surface area (Å²) in [6.07, 6.45) is 1.90. The fourth-order valence-electron chi connectivity index (χ4n) is 2.76. The molecular formula is C12H25Cl2N3O. The van der Waals surface area contributed by atoms with Crippen LogP contribution in [0.15, 0.2) is 0 Å². The lowest BCUT2D eigenvalue weighted by Crippen LogP contribution is -2.53. The molecule has 4 nitrogen and oxygen atoms in total. The molecule has 2 aliphatic heterocycles. The van der Waals surface area contributed by atoms with E-state index in [4.69, 9.17) is 0 Å².